The van der Waals surface area contributed by atoms with E-state index >= 15 is 0 Å². The molecule has 0 aromatic heterocycles. The number of benzene rings is 1. The highest BCUT2D eigenvalue weighted by atomic mass is 35.5. The van der Waals surface area contributed by atoms with Crippen LogP contribution in [0.15, 0.2) is 12.1 Å². The van der Waals surface area contributed by atoms with Gasteiger partial charge in [0.15, 0.2) is 11.5 Å². The van der Waals surface area contributed by atoms with Gasteiger partial charge < -0.3 is 14.2 Å². The smallest absolute Gasteiger partial charge is 0.203 e. The maximum atomic E-state index is 8.61. The Labute approximate surface area is 101 Å². The number of ether oxygens (including phenoxy) is 3. The van der Waals surface area contributed by atoms with Crippen LogP contribution in [0.2, 0.25) is 0 Å². The van der Waals surface area contributed by atoms with E-state index in [1.165, 1.54) is 0 Å². The van der Waals surface area contributed by atoms with Crippen LogP contribution in [0.3, 0.4) is 0 Å². The maximum absolute atomic E-state index is 8.61. The van der Waals surface area contributed by atoms with E-state index < -0.39 is 0 Å². The Morgan fingerprint density at radius 1 is 1.06 bits per heavy atom. The molecule has 0 fully saturated rings. The third-order valence-electron chi connectivity index (χ3n) is 2.01. The Morgan fingerprint density at radius 2 is 1.56 bits per heavy atom. The monoisotopic (exact) mass is 243 g/mol. The third-order valence-corrected chi connectivity index (χ3v) is 2.01. The number of hydrogen-bond acceptors (Lipinski definition) is 4. The maximum Gasteiger partial charge on any atom is 0.203 e. The van der Waals surface area contributed by atoms with Gasteiger partial charge in [-0.15, -0.1) is 12.4 Å². The number of rotatable bonds is 4. The fourth-order valence-electron chi connectivity index (χ4n) is 1.33. The molecule has 1 aromatic rings. The van der Waals surface area contributed by atoms with Gasteiger partial charge in [0.25, 0.3) is 0 Å². The summed E-state index contributed by atoms with van der Waals surface area (Å²) in [4.78, 5) is 0. The zero-order valence-electron chi connectivity index (χ0n) is 9.44. The van der Waals surface area contributed by atoms with E-state index in [0.29, 0.717) is 23.7 Å². The average molecular weight is 244 g/mol. The standard InChI is InChI=1S/C11H13NO3.ClH/c1-13-9-6-8(4-5-12)7-10(14-2)11(9)15-3;/h6-7H,4H2,1-3H3;1H. The minimum absolute atomic E-state index is 0. The van der Waals surface area contributed by atoms with Crippen molar-refractivity contribution >= 4 is 12.4 Å². The van der Waals surface area contributed by atoms with Gasteiger partial charge in [-0.25, -0.2) is 0 Å². The van der Waals surface area contributed by atoms with Crippen molar-refractivity contribution < 1.29 is 14.2 Å². The van der Waals surface area contributed by atoms with E-state index in [0.717, 1.165) is 5.56 Å². The first-order valence-electron chi connectivity index (χ1n) is 4.42. The summed E-state index contributed by atoms with van der Waals surface area (Å²) in [6.45, 7) is 0. The van der Waals surface area contributed by atoms with E-state index in [-0.39, 0.29) is 12.4 Å². The molecule has 16 heavy (non-hydrogen) atoms. The Bertz CT molecular complexity index is 362. The molecular formula is C11H14ClNO3. The SMILES string of the molecule is COc1cc(CC#N)cc(OC)c1OC.Cl. The van der Waals surface area contributed by atoms with Crippen molar-refractivity contribution in [3.05, 3.63) is 17.7 Å². The van der Waals surface area contributed by atoms with Crippen LogP contribution in [-0.4, -0.2) is 21.3 Å². The van der Waals surface area contributed by atoms with Crippen LogP contribution < -0.4 is 14.2 Å². The van der Waals surface area contributed by atoms with E-state index in [4.69, 9.17) is 19.5 Å². The molecule has 0 atom stereocenters. The summed E-state index contributed by atoms with van der Waals surface area (Å²) < 4.78 is 15.5. The van der Waals surface area contributed by atoms with Crippen LogP contribution in [0.5, 0.6) is 17.2 Å². The molecule has 1 rings (SSSR count). The Kier molecular flexibility index (Phi) is 6.12. The van der Waals surface area contributed by atoms with Gasteiger partial charge in [-0.2, -0.15) is 5.26 Å². The molecule has 0 heterocycles. The molecule has 88 valence electrons. The van der Waals surface area contributed by atoms with Gasteiger partial charge in [0.1, 0.15) is 0 Å². The molecule has 0 spiro atoms. The lowest BCUT2D eigenvalue weighted by Crippen LogP contribution is -1.96. The van der Waals surface area contributed by atoms with Gasteiger partial charge in [0.2, 0.25) is 5.75 Å². The van der Waals surface area contributed by atoms with Gasteiger partial charge in [-0.3, -0.25) is 0 Å². The fourth-order valence-corrected chi connectivity index (χ4v) is 1.33. The van der Waals surface area contributed by atoms with Gasteiger partial charge in [-0.1, -0.05) is 0 Å². The fraction of sp³-hybridized carbons (Fsp3) is 0.364. The number of halogens is 1. The van der Waals surface area contributed by atoms with E-state index in [2.05, 4.69) is 6.07 Å². The summed E-state index contributed by atoms with van der Waals surface area (Å²) in [5.74, 6) is 1.69. The minimum atomic E-state index is 0. The van der Waals surface area contributed by atoms with Crippen LogP contribution >= 0.6 is 12.4 Å². The lowest BCUT2D eigenvalue weighted by molar-refractivity contribution is 0.324. The molecule has 1 aromatic carbocycles. The summed E-state index contributed by atoms with van der Waals surface area (Å²) in [5.41, 5.74) is 0.840. The molecule has 5 heteroatoms. The first kappa shape index (κ1) is 14.4. The van der Waals surface area contributed by atoms with Crippen molar-refractivity contribution in [1.29, 1.82) is 5.26 Å². The lowest BCUT2D eigenvalue weighted by Gasteiger charge is -2.12. The van der Waals surface area contributed by atoms with Gasteiger partial charge in [0, 0.05) is 0 Å². The van der Waals surface area contributed by atoms with Crippen molar-refractivity contribution in [1.82, 2.24) is 0 Å². The second-order valence-corrected chi connectivity index (χ2v) is 2.87. The lowest BCUT2D eigenvalue weighted by atomic mass is 10.1. The van der Waals surface area contributed by atoms with E-state index in [1.807, 2.05) is 0 Å². The highest BCUT2D eigenvalue weighted by molar-refractivity contribution is 5.85. The first-order chi connectivity index (χ1) is 7.26. The van der Waals surface area contributed by atoms with E-state index in [1.54, 1.807) is 33.5 Å². The summed E-state index contributed by atoms with van der Waals surface area (Å²) in [6, 6.07) is 5.61. The second kappa shape index (κ2) is 6.81. The first-order valence-corrected chi connectivity index (χ1v) is 4.42. The quantitative estimate of drug-likeness (QED) is 0.814. The van der Waals surface area contributed by atoms with Crippen molar-refractivity contribution in [3.8, 4) is 23.3 Å². The minimum Gasteiger partial charge on any atom is -0.493 e. The number of hydrogen-bond donors (Lipinski definition) is 0. The van der Waals surface area contributed by atoms with Crippen LogP contribution in [-0.2, 0) is 6.42 Å². The molecule has 0 bridgehead atoms. The third kappa shape index (κ3) is 2.94. The average Bonchev–Trinajstić information content (AvgIpc) is 2.28. The highest BCUT2D eigenvalue weighted by Crippen LogP contribution is 2.38. The van der Waals surface area contributed by atoms with Gasteiger partial charge >= 0.3 is 0 Å². The Morgan fingerprint density at radius 3 is 1.88 bits per heavy atom. The Hall–Kier alpha value is -1.60. The summed E-state index contributed by atoms with van der Waals surface area (Å²) >= 11 is 0. The Balaban J connectivity index is 0.00000225. The number of nitriles is 1. The van der Waals surface area contributed by atoms with Gasteiger partial charge in [-0.05, 0) is 17.7 Å². The van der Waals surface area contributed by atoms with Crippen LogP contribution in [0, 0.1) is 11.3 Å². The summed E-state index contributed by atoms with van der Waals surface area (Å²) in [7, 11) is 4.64. The molecule has 4 nitrogen and oxygen atoms in total. The van der Waals surface area contributed by atoms with Crippen molar-refractivity contribution in [3.63, 3.8) is 0 Å². The molecule has 0 aliphatic heterocycles. The largest absolute Gasteiger partial charge is 0.493 e. The number of methoxy groups -OCH3 is 3. The molecule has 0 radical (unpaired) electrons. The molecule has 0 saturated carbocycles. The molecular weight excluding hydrogens is 230 g/mol. The predicted molar refractivity (Wildman–Crippen MR) is 62.7 cm³/mol. The molecule has 0 unspecified atom stereocenters. The molecule has 0 aliphatic rings. The normalized spacial score (nSPS) is 8.62. The van der Waals surface area contributed by atoms with Crippen LogP contribution in [0.1, 0.15) is 5.56 Å². The zero-order chi connectivity index (χ0) is 11.3. The van der Waals surface area contributed by atoms with Crippen LogP contribution in [0.25, 0.3) is 0 Å². The summed E-state index contributed by atoms with van der Waals surface area (Å²) in [6.07, 6.45) is 0.316. The predicted octanol–water partition coefficient (Wildman–Crippen LogP) is 2.20. The zero-order valence-corrected chi connectivity index (χ0v) is 10.3. The summed E-state index contributed by atoms with van der Waals surface area (Å²) in [5, 5.41) is 8.61. The molecule has 0 saturated heterocycles. The van der Waals surface area contributed by atoms with Gasteiger partial charge in [0.05, 0.1) is 33.8 Å². The highest BCUT2D eigenvalue weighted by Gasteiger charge is 2.12. The van der Waals surface area contributed by atoms with E-state index in [9.17, 15) is 0 Å². The second-order valence-electron chi connectivity index (χ2n) is 2.87. The van der Waals surface area contributed by atoms with Crippen LogP contribution in [0.4, 0.5) is 0 Å². The molecule has 0 aliphatic carbocycles. The molecule has 0 N–H and O–H groups in total. The van der Waals surface area contributed by atoms with Crippen molar-refractivity contribution in [2.75, 3.05) is 21.3 Å². The number of nitrogens with zero attached hydrogens (tertiary/aromatic N) is 1. The molecule has 0 amide bonds. The van der Waals surface area contributed by atoms with Crippen molar-refractivity contribution in [2.45, 2.75) is 6.42 Å². The topological polar surface area (TPSA) is 51.5 Å². The van der Waals surface area contributed by atoms with Crippen molar-refractivity contribution in [2.24, 2.45) is 0 Å².